The number of carbonyl (C=O) groups excluding carboxylic acids is 1. The summed E-state index contributed by atoms with van der Waals surface area (Å²) in [6.07, 6.45) is 9.96. The molecule has 0 spiro atoms. The van der Waals surface area contributed by atoms with Crippen molar-refractivity contribution in [3.63, 3.8) is 0 Å². The van der Waals surface area contributed by atoms with Gasteiger partial charge in [0.2, 0.25) is 5.91 Å². The number of nitrogens with zero attached hydrogens (tertiary/aromatic N) is 2. The predicted molar refractivity (Wildman–Crippen MR) is 88.4 cm³/mol. The molecule has 2 aliphatic rings. The van der Waals surface area contributed by atoms with E-state index < -0.39 is 0 Å². The minimum Gasteiger partial charge on any atom is -0.342 e. The summed E-state index contributed by atoms with van der Waals surface area (Å²) in [5.41, 5.74) is 0.831. The van der Waals surface area contributed by atoms with E-state index in [2.05, 4.69) is 22.5 Å². The van der Waals surface area contributed by atoms with Crippen LogP contribution in [0.3, 0.4) is 0 Å². The number of amides is 1. The lowest BCUT2D eigenvalue weighted by molar-refractivity contribution is -0.126. The number of carbonyl (C=O) groups is 1. The molecule has 1 heterocycles. The number of aromatic nitrogens is 2. The van der Waals surface area contributed by atoms with Gasteiger partial charge >= 0.3 is 0 Å². The van der Waals surface area contributed by atoms with Gasteiger partial charge in [-0.25, -0.2) is 9.37 Å². The molecule has 5 heteroatoms. The van der Waals surface area contributed by atoms with Crippen molar-refractivity contribution >= 4 is 5.91 Å². The van der Waals surface area contributed by atoms with Crippen LogP contribution in [0.5, 0.6) is 0 Å². The van der Waals surface area contributed by atoms with Crippen LogP contribution in [-0.4, -0.2) is 15.5 Å². The fourth-order valence-corrected chi connectivity index (χ4v) is 3.94. The number of rotatable bonds is 4. The zero-order valence-electron chi connectivity index (χ0n) is 13.5. The van der Waals surface area contributed by atoms with Gasteiger partial charge in [0.15, 0.2) is 0 Å². The van der Waals surface area contributed by atoms with E-state index >= 15 is 0 Å². The van der Waals surface area contributed by atoms with Gasteiger partial charge in [-0.05, 0) is 42.4 Å². The van der Waals surface area contributed by atoms with Crippen LogP contribution in [-0.2, 0) is 11.8 Å². The topological polar surface area (TPSA) is 46.9 Å². The van der Waals surface area contributed by atoms with E-state index in [4.69, 9.17) is 0 Å². The molecule has 124 valence electrons. The van der Waals surface area contributed by atoms with E-state index in [1.54, 1.807) is 18.3 Å². The molecule has 2 aromatic rings. The number of hydrogen-bond donors (Lipinski definition) is 1. The van der Waals surface area contributed by atoms with Crippen LogP contribution in [0.4, 0.5) is 4.39 Å². The third-order valence-corrected chi connectivity index (χ3v) is 5.22. The summed E-state index contributed by atoms with van der Waals surface area (Å²) in [5, 5.41) is 3.14. The highest BCUT2D eigenvalue weighted by atomic mass is 19.1. The lowest BCUT2D eigenvalue weighted by atomic mass is 9.92. The molecule has 4 nitrogen and oxygen atoms in total. The van der Waals surface area contributed by atoms with Gasteiger partial charge in [0.1, 0.15) is 17.7 Å². The second-order valence-corrected chi connectivity index (χ2v) is 6.78. The molecular formula is C19H20FN3O. The molecule has 0 aliphatic heterocycles. The molecule has 4 rings (SSSR count). The number of imidazole rings is 1. The molecule has 24 heavy (non-hydrogen) atoms. The second kappa shape index (κ2) is 5.89. The van der Waals surface area contributed by atoms with Crippen molar-refractivity contribution in [3.05, 3.63) is 66.0 Å². The minimum absolute atomic E-state index is 0.0308. The molecule has 1 unspecified atom stereocenters. The Balaban J connectivity index is 1.61. The summed E-state index contributed by atoms with van der Waals surface area (Å²) < 4.78 is 15.2. The summed E-state index contributed by atoms with van der Waals surface area (Å²) in [5.74, 6) is 1.44. The Bertz CT molecular complexity index is 780. The largest absolute Gasteiger partial charge is 0.342 e. The van der Waals surface area contributed by atoms with E-state index in [1.807, 2.05) is 17.8 Å². The first kappa shape index (κ1) is 15.1. The van der Waals surface area contributed by atoms with E-state index in [0.717, 1.165) is 24.2 Å². The summed E-state index contributed by atoms with van der Waals surface area (Å²) in [7, 11) is 1.89. The number of nitrogens with one attached hydrogen (secondary N) is 1. The van der Waals surface area contributed by atoms with Gasteiger partial charge in [-0.2, -0.15) is 0 Å². The monoisotopic (exact) mass is 325 g/mol. The van der Waals surface area contributed by atoms with E-state index in [1.165, 1.54) is 12.1 Å². The smallest absolute Gasteiger partial charge is 0.224 e. The molecule has 2 bridgehead atoms. The number of hydrogen-bond acceptors (Lipinski definition) is 2. The second-order valence-electron chi connectivity index (χ2n) is 6.78. The third-order valence-electron chi connectivity index (χ3n) is 5.22. The first-order valence-corrected chi connectivity index (χ1v) is 8.33. The molecule has 1 N–H and O–H groups in total. The molecule has 2 aliphatic carbocycles. The predicted octanol–water partition coefficient (Wildman–Crippen LogP) is 2.98. The van der Waals surface area contributed by atoms with Gasteiger partial charge in [-0.15, -0.1) is 0 Å². The Labute approximate surface area is 140 Å². The van der Waals surface area contributed by atoms with Crippen molar-refractivity contribution in [3.8, 4) is 0 Å². The van der Waals surface area contributed by atoms with Crippen LogP contribution >= 0.6 is 0 Å². The number of allylic oxidation sites excluding steroid dienone is 2. The average Bonchev–Trinajstić information content (AvgIpc) is 3.30. The molecule has 1 aromatic carbocycles. The Hall–Kier alpha value is -2.43. The molecule has 1 amide bonds. The Morgan fingerprint density at radius 2 is 2.08 bits per heavy atom. The van der Waals surface area contributed by atoms with Crippen LogP contribution < -0.4 is 5.32 Å². The van der Waals surface area contributed by atoms with Crippen molar-refractivity contribution in [2.75, 3.05) is 0 Å². The number of aryl methyl sites for hydroxylation is 1. The van der Waals surface area contributed by atoms with E-state index in [9.17, 15) is 9.18 Å². The van der Waals surface area contributed by atoms with Crippen LogP contribution in [0.2, 0.25) is 0 Å². The Kier molecular flexibility index (Phi) is 3.71. The van der Waals surface area contributed by atoms with Gasteiger partial charge in [0, 0.05) is 25.4 Å². The fraction of sp³-hybridized carbons (Fsp3) is 0.368. The normalized spacial score (nSPS) is 25.8. The summed E-state index contributed by atoms with van der Waals surface area (Å²) in [6, 6.07) is 5.86. The summed E-state index contributed by atoms with van der Waals surface area (Å²) in [6.45, 7) is 0. The zero-order valence-corrected chi connectivity index (χ0v) is 13.5. The molecule has 0 radical (unpaired) electrons. The maximum atomic E-state index is 13.3. The molecular weight excluding hydrogens is 305 g/mol. The summed E-state index contributed by atoms with van der Waals surface area (Å²) in [4.78, 5) is 17.2. The molecule has 1 aromatic heterocycles. The molecule has 4 atom stereocenters. The number of fused-ring (bicyclic) bond motifs is 2. The quantitative estimate of drug-likeness (QED) is 0.879. The van der Waals surface area contributed by atoms with E-state index in [-0.39, 0.29) is 23.7 Å². The standard InChI is InChI=1S/C19H20FN3O/c1-23-9-8-21-18(23)17(13-4-6-15(20)7-5-13)22-19(24)16-11-12-2-3-14(16)10-12/h2-9,12,14,16-17H,10-11H2,1H3,(H,22,24)/t12-,14+,16-,17?/m1/s1. The van der Waals surface area contributed by atoms with Crippen LogP contribution in [0.1, 0.15) is 30.3 Å². The van der Waals surface area contributed by atoms with Crippen molar-refractivity contribution in [1.82, 2.24) is 14.9 Å². The highest BCUT2D eigenvalue weighted by Crippen LogP contribution is 2.43. The molecule has 1 saturated carbocycles. The van der Waals surface area contributed by atoms with E-state index in [0.29, 0.717) is 11.8 Å². The maximum Gasteiger partial charge on any atom is 0.224 e. The lowest BCUT2D eigenvalue weighted by Crippen LogP contribution is -2.37. The third kappa shape index (κ3) is 2.64. The van der Waals surface area contributed by atoms with Crippen molar-refractivity contribution in [1.29, 1.82) is 0 Å². The maximum absolute atomic E-state index is 13.3. The minimum atomic E-state index is -0.374. The van der Waals surface area contributed by atoms with Crippen LogP contribution in [0.15, 0.2) is 48.8 Å². The Morgan fingerprint density at radius 1 is 1.29 bits per heavy atom. The fourth-order valence-electron chi connectivity index (χ4n) is 3.94. The average molecular weight is 325 g/mol. The Morgan fingerprint density at radius 3 is 2.67 bits per heavy atom. The van der Waals surface area contributed by atoms with Gasteiger partial charge in [0.05, 0.1) is 0 Å². The van der Waals surface area contributed by atoms with Crippen LogP contribution in [0.25, 0.3) is 0 Å². The SMILES string of the molecule is Cn1ccnc1C(NC(=O)[C@@H]1C[C@@H]2C=C[C@H]1C2)c1ccc(F)cc1. The first-order valence-electron chi connectivity index (χ1n) is 8.33. The zero-order chi connectivity index (χ0) is 16.7. The van der Waals surface area contributed by atoms with Gasteiger partial charge in [0.25, 0.3) is 0 Å². The van der Waals surface area contributed by atoms with Crippen molar-refractivity contribution in [2.24, 2.45) is 24.8 Å². The van der Waals surface area contributed by atoms with Gasteiger partial charge < -0.3 is 9.88 Å². The molecule has 1 fully saturated rings. The van der Waals surface area contributed by atoms with Gasteiger partial charge in [-0.1, -0.05) is 24.3 Å². The van der Waals surface area contributed by atoms with Crippen LogP contribution in [0, 0.1) is 23.6 Å². The molecule has 0 saturated heterocycles. The highest BCUT2D eigenvalue weighted by Gasteiger charge is 2.40. The van der Waals surface area contributed by atoms with Crippen molar-refractivity contribution in [2.45, 2.75) is 18.9 Å². The number of benzene rings is 1. The van der Waals surface area contributed by atoms with Crippen molar-refractivity contribution < 1.29 is 9.18 Å². The lowest BCUT2D eigenvalue weighted by Gasteiger charge is -2.23. The van der Waals surface area contributed by atoms with Gasteiger partial charge in [-0.3, -0.25) is 4.79 Å². The number of halogens is 1. The first-order chi connectivity index (χ1) is 11.6. The highest BCUT2D eigenvalue weighted by molar-refractivity contribution is 5.80. The summed E-state index contributed by atoms with van der Waals surface area (Å²) >= 11 is 0.